The van der Waals surface area contributed by atoms with Crippen LogP contribution in [0.4, 0.5) is 16.2 Å². The van der Waals surface area contributed by atoms with Crippen LogP contribution in [0.1, 0.15) is 11.1 Å². The molecule has 0 aliphatic carbocycles. The first-order valence-corrected chi connectivity index (χ1v) is 7.48. The first-order chi connectivity index (χ1) is 11.0. The predicted molar refractivity (Wildman–Crippen MR) is 94.3 cm³/mol. The Morgan fingerprint density at radius 2 is 1.74 bits per heavy atom. The van der Waals surface area contributed by atoms with E-state index < -0.39 is 0 Å². The van der Waals surface area contributed by atoms with E-state index >= 15 is 0 Å². The normalized spacial score (nSPS) is 10.1. The van der Waals surface area contributed by atoms with Gasteiger partial charge < -0.3 is 20.3 Å². The molecule has 0 aliphatic rings. The highest BCUT2D eigenvalue weighted by molar-refractivity contribution is 5.89. The van der Waals surface area contributed by atoms with Gasteiger partial charge in [-0.1, -0.05) is 6.07 Å². The molecule has 0 spiro atoms. The van der Waals surface area contributed by atoms with E-state index in [1.807, 2.05) is 75.3 Å². The van der Waals surface area contributed by atoms with Gasteiger partial charge in [-0.2, -0.15) is 0 Å². The number of anilines is 2. The smallest absolute Gasteiger partial charge is 0.321 e. The Hall–Kier alpha value is -2.69. The Morgan fingerprint density at radius 1 is 1.04 bits per heavy atom. The van der Waals surface area contributed by atoms with Gasteiger partial charge >= 0.3 is 6.03 Å². The average Bonchev–Trinajstić information content (AvgIpc) is 2.51. The number of benzene rings is 2. The van der Waals surface area contributed by atoms with Crippen molar-refractivity contribution in [2.24, 2.45) is 0 Å². The van der Waals surface area contributed by atoms with Gasteiger partial charge in [0.2, 0.25) is 0 Å². The summed E-state index contributed by atoms with van der Waals surface area (Å²) in [5.41, 5.74) is 4.19. The van der Waals surface area contributed by atoms with Gasteiger partial charge in [0.05, 0.1) is 0 Å². The minimum atomic E-state index is -0.300. The lowest BCUT2D eigenvalue weighted by atomic mass is 10.1. The Bertz CT molecular complexity index is 666. The quantitative estimate of drug-likeness (QED) is 0.830. The van der Waals surface area contributed by atoms with Gasteiger partial charge in [0.1, 0.15) is 5.75 Å². The standard InChI is InChI=1S/C18H23N3O2/c1-13-5-10-17(11-14(13)2)23-12-19-18(22)20-15-6-8-16(9-7-15)21(3)4/h5-11H,12H2,1-4H3,(H2,19,20,22). The number of nitrogens with one attached hydrogen (secondary N) is 2. The van der Waals surface area contributed by atoms with Crippen molar-refractivity contribution >= 4 is 17.4 Å². The van der Waals surface area contributed by atoms with Crippen molar-refractivity contribution < 1.29 is 9.53 Å². The molecule has 2 rings (SSSR count). The first kappa shape index (κ1) is 16.7. The van der Waals surface area contributed by atoms with Crippen LogP contribution in [0.5, 0.6) is 5.75 Å². The van der Waals surface area contributed by atoms with Gasteiger partial charge in [0.15, 0.2) is 6.73 Å². The molecular weight excluding hydrogens is 290 g/mol. The van der Waals surface area contributed by atoms with Crippen LogP contribution in [0.3, 0.4) is 0 Å². The lowest BCUT2D eigenvalue weighted by Crippen LogP contribution is -2.32. The maximum Gasteiger partial charge on any atom is 0.321 e. The molecule has 0 aliphatic heterocycles. The van der Waals surface area contributed by atoms with Crippen molar-refractivity contribution in [3.8, 4) is 5.75 Å². The van der Waals surface area contributed by atoms with E-state index in [2.05, 4.69) is 10.6 Å². The highest BCUT2D eigenvalue weighted by Crippen LogP contribution is 2.16. The summed E-state index contributed by atoms with van der Waals surface area (Å²) >= 11 is 0. The number of ether oxygens (including phenoxy) is 1. The van der Waals surface area contributed by atoms with Crippen molar-refractivity contribution in [2.45, 2.75) is 13.8 Å². The van der Waals surface area contributed by atoms with Crippen LogP contribution >= 0.6 is 0 Å². The number of carbonyl (C=O) groups excluding carboxylic acids is 1. The van der Waals surface area contributed by atoms with Crippen LogP contribution in [0.15, 0.2) is 42.5 Å². The summed E-state index contributed by atoms with van der Waals surface area (Å²) in [6, 6.07) is 13.2. The number of hydrogen-bond acceptors (Lipinski definition) is 3. The zero-order valence-electron chi connectivity index (χ0n) is 14.0. The molecule has 122 valence electrons. The lowest BCUT2D eigenvalue weighted by molar-refractivity contribution is 0.234. The third-order valence-corrected chi connectivity index (χ3v) is 3.59. The molecule has 0 aromatic heterocycles. The van der Waals surface area contributed by atoms with Crippen molar-refractivity contribution in [3.63, 3.8) is 0 Å². The molecule has 0 saturated heterocycles. The SMILES string of the molecule is Cc1ccc(OCNC(=O)Nc2ccc(N(C)C)cc2)cc1C. The fraction of sp³-hybridized carbons (Fsp3) is 0.278. The molecule has 5 heteroatoms. The van der Waals surface area contributed by atoms with Crippen LogP contribution in [0.25, 0.3) is 0 Å². The van der Waals surface area contributed by atoms with Gasteiger partial charge in [-0.15, -0.1) is 0 Å². The second-order valence-electron chi connectivity index (χ2n) is 5.61. The Morgan fingerprint density at radius 3 is 2.35 bits per heavy atom. The Labute approximate surface area is 137 Å². The molecule has 2 N–H and O–H groups in total. The molecular formula is C18H23N3O2. The second kappa shape index (κ2) is 7.54. The first-order valence-electron chi connectivity index (χ1n) is 7.48. The van der Waals surface area contributed by atoms with Crippen LogP contribution in [-0.2, 0) is 0 Å². The van der Waals surface area contributed by atoms with Gasteiger partial charge in [-0.25, -0.2) is 4.79 Å². The number of rotatable bonds is 5. The highest BCUT2D eigenvalue weighted by Gasteiger charge is 2.03. The molecule has 0 unspecified atom stereocenters. The number of nitrogens with zero attached hydrogens (tertiary/aromatic N) is 1. The summed E-state index contributed by atoms with van der Waals surface area (Å²) in [5.74, 6) is 0.740. The molecule has 0 bridgehead atoms. The monoisotopic (exact) mass is 313 g/mol. The number of carbonyl (C=O) groups is 1. The Kier molecular flexibility index (Phi) is 5.46. The van der Waals surface area contributed by atoms with Crippen LogP contribution in [0.2, 0.25) is 0 Å². The molecule has 0 saturated carbocycles. The molecule has 2 amide bonds. The van der Waals surface area contributed by atoms with Gasteiger partial charge in [0.25, 0.3) is 0 Å². The van der Waals surface area contributed by atoms with Crippen molar-refractivity contribution in [1.82, 2.24) is 5.32 Å². The second-order valence-corrected chi connectivity index (χ2v) is 5.61. The zero-order valence-corrected chi connectivity index (χ0v) is 14.0. The van der Waals surface area contributed by atoms with Crippen molar-refractivity contribution in [2.75, 3.05) is 31.0 Å². The molecule has 5 nitrogen and oxygen atoms in total. The summed E-state index contributed by atoms with van der Waals surface area (Å²) in [6.45, 7) is 4.19. The minimum Gasteiger partial charge on any atom is -0.473 e. The zero-order chi connectivity index (χ0) is 16.8. The van der Waals surface area contributed by atoms with E-state index in [-0.39, 0.29) is 12.8 Å². The summed E-state index contributed by atoms with van der Waals surface area (Å²) in [4.78, 5) is 13.8. The maximum atomic E-state index is 11.8. The fourth-order valence-corrected chi connectivity index (χ4v) is 2.01. The van der Waals surface area contributed by atoms with E-state index in [0.29, 0.717) is 0 Å². The number of amides is 2. The molecule has 0 radical (unpaired) electrons. The molecule has 0 atom stereocenters. The van der Waals surface area contributed by atoms with Gasteiger partial charge in [-0.05, 0) is 61.4 Å². The topological polar surface area (TPSA) is 53.6 Å². The third-order valence-electron chi connectivity index (χ3n) is 3.59. The summed E-state index contributed by atoms with van der Waals surface area (Å²) in [5, 5.41) is 5.43. The van der Waals surface area contributed by atoms with E-state index in [1.165, 1.54) is 5.56 Å². The number of aryl methyl sites for hydroxylation is 2. The molecule has 2 aromatic carbocycles. The summed E-state index contributed by atoms with van der Waals surface area (Å²) in [6.07, 6.45) is 0. The third kappa shape index (κ3) is 4.92. The van der Waals surface area contributed by atoms with E-state index in [1.54, 1.807) is 0 Å². The van der Waals surface area contributed by atoms with Crippen LogP contribution in [0, 0.1) is 13.8 Å². The van der Waals surface area contributed by atoms with Gasteiger partial charge in [-0.3, -0.25) is 0 Å². The average molecular weight is 313 g/mol. The van der Waals surface area contributed by atoms with E-state index in [4.69, 9.17) is 4.74 Å². The molecule has 0 heterocycles. The summed E-state index contributed by atoms with van der Waals surface area (Å²) < 4.78 is 5.52. The maximum absolute atomic E-state index is 11.8. The van der Waals surface area contributed by atoms with E-state index in [9.17, 15) is 4.79 Å². The number of hydrogen-bond donors (Lipinski definition) is 2. The predicted octanol–water partition coefficient (Wildman–Crippen LogP) is 3.53. The lowest BCUT2D eigenvalue weighted by Gasteiger charge is -2.13. The van der Waals surface area contributed by atoms with Crippen LogP contribution < -0.4 is 20.3 Å². The number of urea groups is 1. The Balaban J connectivity index is 1.79. The van der Waals surface area contributed by atoms with Gasteiger partial charge in [0, 0.05) is 25.5 Å². The molecule has 0 fully saturated rings. The highest BCUT2D eigenvalue weighted by atomic mass is 16.5. The van der Waals surface area contributed by atoms with Crippen molar-refractivity contribution in [3.05, 3.63) is 53.6 Å². The summed E-state index contributed by atoms with van der Waals surface area (Å²) in [7, 11) is 3.94. The molecule has 23 heavy (non-hydrogen) atoms. The van der Waals surface area contributed by atoms with Crippen LogP contribution in [-0.4, -0.2) is 26.9 Å². The minimum absolute atomic E-state index is 0.115. The molecule has 2 aromatic rings. The largest absolute Gasteiger partial charge is 0.473 e. The van der Waals surface area contributed by atoms with E-state index in [0.717, 1.165) is 22.7 Å². The fourth-order valence-electron chi connectivity index (χ4n) is 2.01. The van der Waals surface area contributed by atoms with Crippen molar-refractivity contribution in [1.29, 1.82) is 0 Å².